The van der Waals surface area contributed by atoms with Crippen LogP contribution in [0.25, 0.3) is 0 Å². The van der Waals surface area contributed by atoms with Crippen LogP contribution in [0.1, 0.15) is 107 Å². The van der Waals surface area contributed by atoms with Gasteiger partial charge in [0.2, 0.25) is 11.8 Å². The van der Waals surface area contributed by atoms with Gasteiger partial charge in [-0.1, -0.05) is 44.2 Å². The molecule has 1 amide bonds. The van der Waals surface area contributed by atoms with E-state index in [1.165, 1.54) is 12.8 Å². The van der Waals surface area contributed by atoms with Gasteiger partial charge in [-0.25, -0.2) is 8.78 Å². The number of nitrogens with zero attached hydrogens (tertiary/aromatic N) is 4. The van der Waals surface area contributed by atoms with Gasteiger partial charge in [-0.15, -0.1) is 10.2 Å². The fourth-order valence-electron chi connectivity index (χ4n) is 6.93. The Morgan fingerprint density at radius 2 is 1.68 bits per heavy atom. The van der Waals surface area contributed by atoms with E-state index in [1.807, 2.05) is 18.2 Å². The Kier molecular flexibility index (Phi) is 7.66. The molecule has 2 saturated heterocycles. The van der Waals surface area contributed by atoms with Crippen LogP contribution in [0.4, 0.5) is 8.78 Å². The topological polar surface area (TPSA) is 63.1 Å². The highest BCUT2D eigenvalue weighted by atomic mass is 19.3. The lowest BCUT2D eigenvalue weighted by molar-refractivity contribution is -0.130. The second-order valence-corrected chi connectivity index (χ2v) is 11.8. The van der Waals surface area contributed by atoms with E-state index in [1.54, 1.807) is 0 Å². The van der Waals surface area contributed by atoms with Crippen LogP contribution in [-0.2, 0) is 4.79 Å². The van der Waals surface area contributed by atoms with E-state index in [2.05, 4.69) is 57.9 Å². The van der Waals surface area contributed by atoms with Gasteiger partial charge in [0.05, 0.1) is 6.04 Å². The number of carbonyl (C=O) groups excluding carboxylic acids is 1. The van der Waals surface area contributed by atoms with Crippen molar-refractivity contribution in [3.05, 3.63) is 47.5 Å². The van der Waals surface area contributed by atoms with Gasteiger partial charge in [-0.05, 0) is 57.4 Å². The SMILES string of the molecule is Cc1nnc(C(C)C)n1C1CC2CCC(C1)N2CC[C@@H](NC(=O)C1CCC(F)(F)CC1)c1ccccc1. The van der Waals surface area contributed by atoms with Crippen molar-refractivity contribution in [2.24, 2.45) is 5.92 Å². The fourth-order valence-corrected chi connectivity index (χ4v) is 6.93. The molecule has 1 aliphatic carbocycles. The smallest absolute Gasteiger partial charge is 0.248 e. The number of nitrogens with one attached hydrogen (secondary N) is 1. The van der Waals surface area contributed by atoms with Gasteiger partial charge in [0.15, 0.2) is 0 Å². The number of aryl methyl sites for hydroxylation is 1. The summed E-state index contributed by atoms with van der Waals surface area (Å²) >= 11 is 0. The van der Waals surface area contributed by atoms with E-state index in [9.17, 15) is 13.6 Å². The predicted molar refractivity (Wildman–Crippen MR) is 139 cm³/mol. The third-order valence-electron chi connectivity index (χ3n) is 8.92. The molecule has 2 bridgehead atoms. The molecule has 37 heavy (non-hydrogen) atoms. The lowest BCUT2D eigenvalue weighted by Gasteiger charge is -2.40. The first kappa shape index (κ1) is 26.3. The van der Waals surface area contributed by atoms with Crippen LogP contribution >= 0.6 is 0 Å². The number of fused-ring (bicyclic) bond motifs is 2. The van der Waals surface area contributed by atoms with Gasteiger partial charge in [0.1, 0.15) is 11.6 Å². The molecular weight excluding hydrogens is 472 g/mol. The first-order valence-electron chi connectivity index (χ1n) is 14.1. The first-order chi connectivity index (χ1) is 17.7. The minimum atomic E-state index is -2.62. The van der Waals surface area contributed by atoms with Crippen molar-refractivity contribution in [3.8, 4) is 0 Å². The maximum absolute atomic E-state index is 13.6. The molecule has 202 valence electrons. The highest BCUT2D eigenvalue weighted by molar-refractivity contribution is 5.79. The predicted octanol–water partition coefficient (Wildman–Crippen LogP) is 5.95. The quantitative estimate of drug-likeness (QED) is 0.474. The molecule has 0 radical (unpaired) electrons. The second kappa shape index (κ2) is 10.8. The van der Waals surface area contributed by atoms with Crippen molar-refractivity contribution in [2.45, 2.75) is 115 Å². The molecular formula is C29H41F2N5O. The van der Waals surface area contributed by atoms with Crippen LogP contribution in [0.15, 0.2) is 30.3 Å². The lowest BCUT2D eigenvalue weighted by atomic mass is 9.86. The number of hydrogen-bond donors (Lipinski definition) is 1. The van der Waals surface area contributed by atoms with Crippen LogP contribution in [-0.4, -0.2) is 50.1 Å². The largest absolute Gasteiger partial charge is 0.349 e. The summed E-state index contributed by atoms with van der Waals surface area (Å²) in [6.45, 7) is 7.34. The Balaban J connectivity index is 1.24. The van der Waals surface area contributed by atoms with Gasteiger partial charge in [-0.3, -0.25) is 9.69 Å². The monoisotopic (exact) mass is 513 g/mol. The molecule has 1 N–H and O–H groups in total. The van der Waals surface area contributed by atoms with E-state index in [0.29, 0.717) is 24.0 Å². The minimum absolute atomic E-state index is 0.0738. The van der Waals surface area contributed by atoms with Gasteiger partial charge in [0.25, 0.3) is 0 Å². The zero-order chi connectivity index (χ0) is 26.2. The summed E-state index contributed by atoms with van der Waals surface area (Å²) in [5, 5.41) is 12.1. The summed E-state index contributed by atoms with van der Waals surface area (Å²) in [6, 6.07) is 11.5. The Labute approximate surface area is 219 Å². The van der Waals surface area contributed by atoms with Crippen molar-refractivity contribution in [1.29, 1.82) is 0 Å². The average Bonchev–Trinajstić information content (AvgIpc) is 3.37. The number of rotatable bonds is 8. The van der Waals surface area contributed by atoms with Crippen LogP contribution in [0.2, 0.25) is 0 Å². The minimum Gasteiger partial charge on any atom is -0.349 e. The second-order valence-electron chi connectivity index (χ2n) is 11.8. The molecule has 1 aromatic heterocycles. The summed E-state index contributed by atoms with van der Waals surface area (Å²) in [7, 11) is 0. The fraction of sp³-hybridized carbons (Fsp3) is 0.690. The van der Waals surface area contributed by atoms with Gasteiger partial charge < -0.3 is 9.88 Å². The Bertz CT molecular complexity index is 1050. The van der Waals surface area contributed by atoms with Gasteiger partial charge >= 0.3 is 0 Å². The summed E-state index contributed by atoms with van der Waals surface area (Å²) in [4.78, 5) is 15.8. The molecule has 3 atom stereocenters. The molecule has 1 saturated carbocycles. The number of alkyl halides is 2. The average molecular weight is 514 g/mol. The van der Waals surface area contributed by atoms with Crippen molar-refractivity contribution >= 4 is 5.91 Å². The maximum Gasteiger partial charge on any atom is 0.248 e. The third-order valence-corrected chi connectivity index (χ3v) is 8.92. The standard InChI is InChI=1S/C29H41F2N5O/c1-19(2)27-34-33-20(3)36(27)25-17-23-9-10-24(18-25)35(23)16-13-26(21-7-5-4-6-8-21)32-28(37)22-11-14-29(30,31)15-12-22/h4-8,19,22-26H,9-18H2,1-3H3,(H,32,37)/t23?,24?,25?,26-/m1/s1. The molecule has 3 fully saturated rings. The van der Waals surface area contributed by atoms with Gasteiger partial charge in [0, 0.05) is 49.3 Å². The van der Waals surface area contributed by atoms with Crippen LogP contribution in [0, 0.1) is 12.8 Å². The number of hydrogen-bond acceptors (Lipinski definition) is 4. The third kappa shape index (κ3) is 5.74. The molecule has 2 aromatic rings. The van der Waals surface area contributed by atoms with E-state index in [-0.39, 0.29) is 43.6 Å². The molecule has 2 unspecified atom stereocenters. The molecule has 8 heteroatoms. The molecule has 6 nitrogen and oxygen atoms in total. The van der Waals surface area contributed by atoms with E-state index < -0.39 is 5.92 Å². The highest BCUT2D eigenvalue weighted by Crippen LogP contribution is 2.42. The summed E-state index contributed by atoms with van der Waals surface area (Å²) < 4.78 is 29.6. The number of carbonyl (C=O) groups is 1. The lowest BCUT2D eigenvalue weighted by Crippen LogP contribution is -2.45. The Hall–Kier alpha value is -2.35. The summed E-state index contributed by atoms with van der Waals surface area (Å²) in [5.74, 6) is -0.572. The van der Waals surface area contributed by atoms with E-state index in [0.717, 1.165) is 43.0 Å². The highest BCUT2D eigenvalue weighted by Gasteiger charge is 2.42. The summed E-state index contributed by atoms with van der Waals surface area (Å²) in [5.41, 5.74) is 1.08. The molecule has 1 aromatic carbocycles. The zero-order valence-electron chi connectivity index (χ0n) is 22.4. The number of aromatic nitrogens is 3. The number of amides is 1. The molecule has 3 heterocycles. The first-order valence-corrected chi connectivity index (χ1v) is 14.1. The molecule has 0 spiro atoms. The Morgan fingerprint density at radius 3 is 2.30 bits per heavy atom. The molecule has 3 aliphatic rings. The van der Waals surface area contributed by atoms with Crippen molar-refractivity contribution in [3.63, 3.8) is 0 Å². The van der Waals surface area contributed by atoms with Crippen LogP contribution < -0.4 is 5.32 Å². The van der Waals surface area contributed by atoms with Crippen molar-refractivity contribution in [1.82, 2.24) is 25.0 Å². The Morgan fingerprint density at radius 1 is 1.03 bits per heavy atom. The molecule has 2 aliphatic heterocycles. The van der Waals surface area contributed by atoms with Crippen molar-refractivity contribution in [2.75, 3.05) is 6.54 Å². The number of benzene rings is 1. The van der Waals surface area contributed by atoms with Gasteiger partial charge in [-0.2, -0.15) is 0 Å². The summed E-state index contributed by atoms with van der Waals surface area (Å²) in [6.07, 6.45) is 5.59. The number of piperidine rings is 1. The van der Waals surface area contributed by atoms with Crippen molar-refractivity contribution < 1.29 is 13.6 Å². The zero-order valence-corrected chi connectivity index (χ0v) is 22.4. The van der Waals surface area contributed by atoms with Crippen LogP contribution in [0.3, 0.4) is 0 Å². The van der Waals surface area contributed by atoms with E-state index >= 15 is 0 Å². The van der Waals surface area contributed by atoms with Crippen LogP contribution in [0.5, 0.6) is 0 Å². The van der Waals surface area contributed by atoms with E-state index in [4.69, 9.17) is 0 Å². The molecule has 5 rings (SSSR count). The maximum atomic E-state index is 13.6. The normalized spacial score (nSPS) is 26.9. The number of halogens is 2.